The third-order valence-electron chi connectivity index (χ3n) is 2.95. The third-order valence-corrected chi connectivity index (χ3v) is 2.95. The molecule has 0 amide bonds. The molecular weight excluding hydrogens is 164 g/mol. The zero-order valence-electron chi connectivity index (χ0n) is 8.21. The lowest BCUT2D eigenvalue weighted by atomic mass is 10.2. The Balaban J connectivity index is 1.82. The van der Waals surface area contributed by atoms with Gasteiger partial charge in [0.15, 0.2) is 0 Å². The normalized spacial score (nSPS) is 25.4. The van der Waals surface area contributed by atoms with Gasteiger partial charge in [-0.05, 0) is 17.6 Å². The number of nitrogens with one attached hydrogen (secondary N) is 1. The summed E-state index contributed by atoms with van der Waals surface area (Å²) >= 11 is 0. The molecule has 0 aromatic heterocycles. The van der Waals surface area contributed by atoms with Crippen molar-refractivity contribution in [1.29, 1.82) is 0 Å². The van der Waals surface area contributed by atoms with Crippen LogP contribution in [0.5, 0.6) is 0 Å². The Bertz CT molecular complexity index is 209. The van der Waals surface area contributed by atoms with Gasteiger partial charge in [-0.2, -0.15) is 0 Å². The molecule has 0 aliphatic carbocycles. The van der Waals surface area contributed by atoms with Crippen LogP contribution in [0.15, 0.2) is 11.1 Å². The fourth-order valence-electron chi connectivity index (χ4n) is 2.10. The molecule has 3 heteroatoms. The third kappa shape index (κ3) is 1.93. The first kappa shape index (κ1) is 9.19. The van der Waals surface area contributed by atoms with Crippen molar-refractivity contribution in [1.82, 2.24) is 10.2 Å². The Kier molecular flexibility index (Phi) is 2.67. The molecular formula is C10H18N2O. The van der Waals surface area contributed by atoms with Crippen LogP contribution in [0.4, 0.5) is 0 Å². The van der Waals surface area contributed by atoms with Crippen molar-refractivity contribution in [3.63, 3.8) is 0 Å². The number of aliphatic hydroxyl groups is 1. The fourth-order valence-corrected chi connectivity index (χ4v) is 2.10. The van der Waals surface area contributed by atoms with Crippen molar-refractivity contribution in [3.8, 4) is 0 Å². The summed E-state index contributed by atoms with van der Waals surface area (Å²) in [6.45, 7) is 7.13. The van der Waals surface area contributed by atoms with Crippen LogP contribution in [0.2, 0.25) is 0 Å². The van der Waals surface area contributed by atoms with Crippen molar-refractivity contribution in [2.75, 3.05) is 32.7 Å². The van der Waals surface area contributed by atoms with E-state index in [-0.39, 0.29) is 6.10 Å². The summed E-state index contributed by atoms with van der Waals surface area (Å²) in [5, 5.41) is 12.9. The lowest BCUT2D eigenvalue weighted by Crippen LogP contribution is -2.33. The summed E-state index contributed by atoms with van der Waals surface area (Å²) in [4.78, 5) is 2.35. The molecule has 1 unspecified atom stereocenters. The molecule has 0 aromatic rings. The molecule has 3 nitrogen and oxygen atoms in total. The van der Waals surface area contributed by atoms with Gasteiger partial charge in [0.05, 0.1) is 6.10 Å². The van der Waals surface area contributed by atoms with Gasteiger partial charge >= 0.3 is 0 Å². The summed E-state index contributed by atoms with van der Waals surface area (Å²) in [7, 11) is 0. The molecule has 2 heterocycles. The monoisotopic (exact) mass is 182 g/mol. The van der Waals surface area contributed by atoms with E-state index in [0.717, 1.165) is 39.1 Å². The summed E-state index contributed by atoms with van der Waals surface area (Å²) in [5.74, 6) is 0. The molecule has 2 rings (SSSR count). The van der Waals surface area contributed by atoms with Crippen LogP contribution in [0.25, 0.3) is 0 Å². The topological polar surface area (TPSA) is 35.5 Å². The van der Waals surface area contributed by atoms with Crippen molar-refractivity contribution in [2.24, 2.45) is 0 Å². The minimum atomic E-state index is -0.145. The zero-order chi connectivity index (χ0) is 9.26. The van der Waals surface area contributed by atoms with E-state index < -0.39 is 0 Å². The summed E-state index contributed by atoms with van der Waals surface area (Å²) in [6.07, 6.45) is 0.715. The SMILES string of the molecule is CCC(O)CN1CC2=C(CNC2)C1. The van der Waals surface area contributed by atoms with Crippen LogP contribution >= 0.6 is 0 Å². The van der Waals surface area contributed by atoms with Crippen LogP contribution in [0.1, 0.15) is 13.3 Å². The van der Waals surface area contributed by atoms with Crippen LogP contribution in [-0.2, 0) is 0 Å². The fraction of sp³-hybridized carbons (Fsp3) is 0.800. The Morgan fingerprint density at radius 3 is 2.54 bits per heavy atom. The maximum atomic E-state index is 9.51. The lowest BCUT2D eigenvalue weighted by molar-refractivity contribution is 0.122. The first-order chi connectivity index (χ1) is 6.29. The second kappa shape index (κ2) is 3.78. The second-order valence-corrected chi connectivity index (χ2v) is 4.04. The van der Waals surface area contributed by atoms with E-state index in [0.29, 0.717) is 0 Å². The molecule has 2 aliphatic heterocycles. The minimum Gasteiger partial charge on any atom is -0.392 e. The average Bonchev–Trinajstić information content (AvgIpc) is 2.63. The van der Waals surface area contributed by atoms with Gasteiger partial charge in [-0.25, -0.2) is 0 Å². The van der Waals surface area contributed by atoms with Gasteiger partial charge in [-0.3, -0.25) is 4.90 Å². The first-order valence-electron chi connectivity index (χ1n) is 5.10. The highest BCUT2D eigenvalue weighted by Gasteiger charge is 2.25. The van der Waals surface area contributed by atoms with Gasteiger partial charge in [-0.1, -0.05) is 6.92 Å². The maximum Gasteiger partial charge on any atom is 0.0664 e. The number of hydrogen-bond donors (Lipinski definition) is 2. The molecule has 2 aliphatic rings. The Labute approximate surface area is 79.4 Å². The summed E-state index contributed by atoms with van der Waals surface area (Å²) < 4.78 is 0. The molecule has 13 heavy (non-hydrogen) atoms. The van der Waals surface area contributed by atoms with E-state index in [1.165, 1.54) is 0 Å². The van der Waals surface area contributed by atoms with E-state index in [4.69, 9.17) is 0 Å². The maximum absolute atomic E-state index is 9.51. The highest BCUT2D eigenvalue weighted by Crippen LogP contribution is 2.20. The molecule has 74 valence electrons. The van der Waals surface area contributed by atoms with Crippen molar-refractivity contribution in [2.45, 2.75) is 19.4 Å². The smallest absolute Gasteiger partial charge is 0.0664 e. The standard InChI is InChI=1S/C10H18N2O/c1-2-10(13)7-12-5-8-3-11-4-9(8)6-12/h10-11,13H,2-7H2,1H3. The molecule has 0 aromatic carbocycles. The Morgan fingerprint density at radius 2 is 2.00 bits per heavy atom. The van der Waals surface area contributed by atoms with E-state index in [1.807, 2.05) is 6.92 Å². The van der Waals surface area contributed by atoms with Crippen LogP contribution in [-0.4, -0.2) is 48.8 Å². The van der Waals surface area contributed by atoms with Gasteiger partial charge < -0.3 is 10.4 Å². The van der Waals surface area contributed by atoms with Crippen LogP contribution < -0.4 is 5.32 Å². The molecule has 0 spiro atoms. The van der Waals surface area contributed by atoms with Crippen LogP contribution in [0.3, 0.4) is 0 Å². The van der Waals surface area contributed by atoms with E-state index in [9.17, 15) is 5.11 Å². The predicted octanol–water partition coefficient (Wildman–Crippen LogP) is -0.0273. The van der Waals surface area contributed by atoms with Crippen LogP contribution in [0, 0.1) is 0 Å². The molecule has 0 saturated carbocycles. The number of rotatable bonds is 3. The Hall–Kier alpha value is -0.380. The average molecular weight is 182 g/mol. The number of hydrogen-bond acceptors (Lipinski definition) is 3. The molecule has 2 N–H and O–H groups in total. The van der Waals surface area contributed by atoms with E-state index in [2.05, 4.69) is 10.2 Å². The highest BCUT2D eigenvalue weighted by molar-refractivity contribution is 5.29. The molecule has 0 bridgehead atoms. The molecule has 0 radical (unpaired) electrons. The molecule has 0 fully saturated rings. The van der Waals surface area contributed by atoms with E-state index in [1.54, 1.807) is 11.1 Å². The number of aliphatic hydroxyl groups excluding tert-OH is 1. The summed E-state index contributed by atoms with van der Waals surface area (Å²) in [6, 6.07) is 0. The number of nitrogens with zero attached hydrogens (tertiary/aromatic N) is 1. The quantitative estimate of drug-likeness (QED) is 0.602. The first-order valence-corrected chi connectivity index (χ1v) is 5.10. The van der Waals surface area contributed by atoms with Gasteiger partial charge in [0.2, 0.25) is 0 Å². The molecule has 1 atom stereocenters. The lowest BCUT2D eigenvalue weighted by Gasteiger charge is -2.20. The minimum absolute atomic E-state index is 0.145. The molecule has 0 saturated heterocycles. The zero-order valence-corrected chi connectivity index (χ0v) is 8.21. The second-order valence-electron chi connectivity index (χ2n) is 4.04. The Morgan fingerprint density at radius 1 is 1.38 bits per heavy atom. The largest absolute Gasteiger partial charge is 0.392 e. The van der Waals surface area contributed by atoms with Crippen molar-refractivity contribution in [3.05, 3.63) is 11.1 Å². The summed E-state index contributed by atoms with van der Waals surface area (Å²) in [5.41, 5.74) is 3.12. The van der Waals surface area contributed by atoms with Crippen molar-refractivity contribution >= 4 is 0 Å². The van der Waals surface area contributed by atoms with Gasteiger partial charge in [0, 0.05) is 32.7 Å². The predicted molar refractivity (Wildman–Crippen MR) is 52.6 cm³/mol. The van der Waals surface area contributed by atoms with Gasteiger partial charge in [0.1, 0.15) is 0 Å². The highest BCUT2D eigenvalue weighted by atomic mass is 16.3. The van der Waals surface area contributed by atoms with Gasteiger partial charge in [-0.15, -0.1) is 0 Å². The van der Waals surface area contributed by atoms with Crippen molar-refractivity contribution < 1.29 is 5.11 Å². The number of β-amino-alcohol motifs (C(OH)–C–C–N with tert-alkyl or cyclic N) is 1. The van der Waals surface area contributed by atoms with E-state index >= 15 is 0 Å². The van der Waals surface area contributed by atoms with Gasteiger partial charge in [0.25, 0.3) is 0 Å².